The van der Waals surface area contributed by atoms with Crippen LogP contribution in [-0.4, -0.2) is 32.6 Å². The van der Waals surface area contributed by atoms with E-state index in [1.807, 2.05) is 20.9 Å². The Morgan fingerprint density at radius 2 is 1.91 bits per heavy atom. The van der Waals surface area contributed by atoms with Gasteiger partial charge in [-0.25, -0.2) is 0 Å². The van der Waals surface area contributed by atoms with E-state index in [2.05, 4.69) is 10.6 Å². The van der Waals surface area contributed by atoms with E-state index in [1.54, 1.807) is 0 Å². The lowest BCUT2D eigenvalue weighted by atomic mass is 10.5. The molecule has 0 radical (unpaired) electrons. The molecule has 0 atom stereocenters. The molecule has 0 unspecified atom stereocenters. The quantitative estimate of drug-likeness (QED) is 0.478. The van der Waals surface area contributed by atoms with Crippen LogP contribution in [0.4, 0.5) is 0 Å². The number of nitrogens with one attached hydrogen (secondary N) is 2. The van der Waals surface area contributed by atoms with Gasteiger partial charge < -0.3 is 16.4 Å². The Hall–Kier alpha value is -0.610. The van der Waals surface area contributed by atoms with E-state index >= 15 is 0 Å². The molecular formula is C7H19N3O. The van der Waals surface area contributed by atoms with Gasteiger partial charge in [-0.15, -0.1) is 0 Å². The van der Waals surface area contributed by atoms with Crippen LogP contribution in [0.25, 0.3) is 0 Å². The zero-order valence-electron chi connectivity index (χ0n) is 7.61. The van der Waals surface area contributed by atoms with Gasteiger partial charge >= 0.3 is 0 Å². The Labute approximate surface area is 68.5 Å². The smallest absolute Gasteiger partial charge is 0.233 e. The van der Waals surface area contributed by atoms with E-state index in [0.717, 1.165) is 6.54 Å². The van der Waals surface area contributed by atoms with Crippen molar-refractivity contribution in [2.75, 3.05) is 26.7 Å². The van der Waals surface area contributed by atoms with Crippen molar-refractivity contribution in [3.05, 3.63) is 0 Å². The number of hydrogen-bond acceptors (Lipinski definition) is 3. The fourth-order valence-corrected chi connectivity index (χ4v) is 0.399. The minimum Gasteiger partial charge on any atom is -0.354 e. The molecule has 0 aromatic heterocycles. The molecule has 68 valence electrons. The minimum atomic E-state index is -0.106. The fraction of sp³-hybridized carbons (Fsp3) is 0.857. The molecule has 4 nitrogen and oxygen atoms in total. The SMILES string of the molecule is CC.CNCCNC(=O)CN. The van der Waals surface area contributed by atoms with Crippen LogP contribution < -0.4 is 16.4 Å². The Morgan fingerprint density at radius 1 is 1.36 bits per heavy atom. The maximum Gasteiger partial charge on any atom is 0.233 e. The summed E-state index contributed by atoms with van der Waals surface area (Å²) in [7, 11) is 1.83. The summed E-state index contributed by atoms with van der Waals surface area (Å²) >= 11 is 0. The molecule has 0 aromatic carbocycles. The lowest BCUT2D eigenvalue weighted by Gasteiger charge is -2.00. The van der Waals surface area contributed by atoms with Crippen molar-refractivity contribution in [2.45, 2.75) is 13.8 Å². The summed E-state index contributed by atoms with van der Waals surface area (Å²) in [6, 6.07) is 0. The van der Waals surface area contributed by atoms with E-state index in [9.17, 15) is 4.79 Å². The number of likely N-dealkylation sites (N-methyl/N-ethyl adjacent to an activating group) is 1. The summed E-state index contributed by atoms with van der Waals surface area (Å²) in [5.41, 5.74) is 5.02. The van der Waals surface area contributed by atoms with Crippen LogP contribution in [0, 0.1) is 0 Å². The van der Waals surface area contributed by atoms with Gasteiger partial charge in [-0.1, -0.05) is 13.8 Å². The van der Waals surface area contributed by atoms with Gasteiger partial charge in [-0.3, -0.25) is 4.79 Å². The van der Waals surface area contributed by atoms with Gasteiger partial charge in [0.05, 0.1) is 6.54 Å². The molecule has 1 amide bonds. The lowest BCUT2D eigenvalue weighted by molar-refractivity contribution is -0.119. The van der Waals surface area contributed by atoms with E-state index in [-0.39, 0.29) is 12.5 Å². The zero-order chi connectivity index (χ0) is 9.11. The predicted octanol–water partition coefficient (Wildman–Crippen LogP) is -0.693. The van der Waals surface area contributed by atoms with E-state index < -0.39 is 0 Å². The Balaban J connectivity index is 0. The highest BCUT2D eigenvalue weighted by Gasteiger charge is 1.92. The first-order valence-electron chi connectivity index (χ1n) is 3.92. The second kappa shape index (κ2) is 12.1. The summed E-state index contributed by atoms with van der Waals surface area (Å²) in [5, 5.41) is 5.50. The molecule has 0 saturated carbocycles. The van der Waals surface area contributed by atoms with Crippen molar-refractivity contribution >= 4 is 5.91 Å². The number of hydrogen-bond donors (Lipinski definition) is 3. The largest absolute Gasteiger partial charge is 0.354 e. The third-order valence-electron chi connectivity index (χ3n) is 0.883. The Kier molecular flexibility index (Phi) is 14.3. The normalized spacial score (nSPS) is 8.00. The molecule has 0 bridgehead atoms. The highest BCUT2D eigenvalue weighted by atomic mass is 16.1. The van der Waals surface area contributed by atoms with Crippen molar-refractivity contribution in [1.29, 1.82) is 0 Å². The number of carbonyl (C=O) groups is 1. The van der Waals surface area contributed by atoms with Gasteiger partial charge in [0, 0.05) is 13.1 Å². The standard InChI is InChI=1S/C5H13N3O.C2H6/c1-7-2-3-8-5(9)4-6;1-2/h7H,2-4,6H2,1H3,(H,8,9);1-2H3. The van der Waals surface area contributed by atoms with Gasteiger partial charge in [-0.2, -0.15) is 0 Å². The number of amides is 1. The van der Waals surface area contributed by atoms with E-state index in [0.29, 0.717) is 6.54 Å². The molecule has 0 aliphatic carbocycles. The van der Waals surface area contributed by atoms with Crippen molar-refractivity contribution < 1.29 is 4.79 Å². The molecule has 0 rings (SSSR count). The summed E-state index contributed by atoms with van der Waals surface area (Å²) in [6.45, 7) is 5.50. The second-order valence-electron chi connectivity index (χ2n) is 1.66. The summed E-state index contributed by atoms with van der Waals surface area (Å²) in [4.78, 5) is 10.4. The summed E-state index contributed by atoms with van der Waals surface area (Å²) in [6.07, 6.45) is 0. The molecule has 0 heterocycles. The molecule has 4 N–H and O–H groups in total. The van der Waals surface area contributed by atoms with Crippen LogP contribution in [0.5, 0.6) is 0 Å². The highest BCUT2D eigenvalue weighted by Crippen LogP contribution is 1.57. The Morgan fingerprint density at radius 3 is 2.27 bits per heavy atom. The second-order valence-corrected chi connectivity index (χ2v) is 1.66. The fourth-order valence-electron chi connectivity index (χ4n) is 0.399. The van der Waals surface area contributed by atoms with Crippen LogP contribution >= 0.6 is 0 Å². The Bertz CT molecular complexity index is 85.8. The van der Waals surface area contributed by atoms with Gasteiger partial charge in [0.2, 0.25) is 5.91 Å². The highest BCUT2D eigenvalue weighted by molar-refractivity contribution is 5.77. The number of rotatable bonds is 4. The van der Waals surface area contributed by atoms with Crippen molar-refractivity contribution in [3.8, 4) is 0 Å². The van der Waals surface area contributed by atoms with Crippen molar-refractivity contribution in [2.24, 2.45) is 5.73 Å². The molecule has 4 heteroatoms. The average molecular weight is 161 g/mol. The predicted molar refractivity (Wildman–Crippen MR) is 47.3 cm³/mol. The summed E-state index contributed by atoms with van der Waals surface area (Å²) < 4.78 is 0. The van der Waals surface area contributed by atoms with Gasteiger partial charge in [-0.05, 0) is 7.05 Å². The monoisotopic (exact) mass is 161 g/mol. The first-order valence-corrected chi connectivity index (χ1v) is 3.92. The first-order chi connectivity index (χ1) is 5.31. The van der Waals surface area contributed by atoms with Crippen LogP contribution in [0.2, 0.25) is 0 Å². The number of carbonyl (C=O) groups excluding carboxylic acids is 1. The molecule has 0 fully saturated rings. The topological polar surface area (TPSA) is 67.1 Å². The lowest BCUT2D eigenvalue weighted by Crippen LogP contribution is -2.34. The average Bonchev–Trinajstić information content (AvgIpc) is 2.08. The number of nitrogens with two attached hydrogens (primary N) is 1. The molecule has 11 heavy (non-hydrogen) atoms. The molecular weight excluding hydrogens is 142 g/mol. The molecule has 0 aromatic rings. The summed E-state index contributed by atoms with van der Waals surface area (Å²) in [5.74, 6) is -0.106. The minimum absolute atomic E-state index is 0.0731. The maximum absolute atomic E-state index is 10.4. The van der Waals surface area contributed by atoms with Gasteiger partial charge in [0.25, 0.3) is 0 Å². The maximum atomic E-state index is 10.4. The third-order valence-corrected chi connectivity index (χ3v) is 0.883. The third kappa shape index (κ3) is 12.6. The van der Waals surface area contributed by atoms with Crippen LogP contribution in [0.1, 0.15) is 13.8 Å². The molecule has 0 aliphatic heterocycles. The van der Waals surface area contributed by atoms with E-state index in [4.69, 9.17) is 5.73 Å². The zero-order valence-corrected chi connectivity index (χ0v) is 7.61. The van der Waals surface area contributed by atoms with Crippen molar-refractivity contribution in [3.63, 3.8) is 0 Å². The van der Waals surface area contributed by atoms with Gasteiger partial charge in [0.15, 0.2) is 0 Å². The van der Waals surface area contributed by atoms with Crippen LogP contribution in [-0.2, 0) is 4.79 Å². The van der Waals surface area contributed by atoms with E-state index in [1.165, 1.54) is 0 Å². The van der Waals surface area contributed by atoms with Crippen LogP contribution in [0.3, 0.4) is 0 Å². The van der Waals surface area contributed by atoms with Crippen molar-refractivity contribution in [1.82, 2.24) is 10.6 Å². The van der Waals surface area contributed by atoms with Crippen LogP contribution in [0.15, 0.2) is 0 Å². The van der Waals surface area contributed by atoms with Gasteiger partial charge in [0.1, 0.15) is 0 Å². The molecule has 0 aliphatic rings. The first kappa shape index (κ1) is 13.0. The molecule has 0 saturated heterocycles. The molecule has 0 spiro atoms.